The summed E-state index contributed by atoms with van der Waals surface area (Å²) in [5.41, 5.74) is -0.780. The van der Waals surface area contributed by atoms with Gasteiger partial charge in [-0.1, -0.05) is 37.5 Å². The highest BCUT2D eigenvalue weighted by molar-refractivity contribution is 5.82. The Balaban J connectivity index is 2.29. The summed E-state index contributed by atoms with van der Waals surface area (Å²) < 4.78 is 19.4. The quantitative estimate of drug-likeness (QED) is 0.844. The summed E-state index contributed by atoms with van der Waals surface area (Å²) in [5, 5.41) is 3.36. The van der Waals surface area contributed by atoms with Crippen LogP contribution in [0.5, 0.6) is 0 Å². The number of carbonyl (C=O) groups is 1. The molecule has 0 aliphatic heterocycles. The Kier molecular flexibility index (Phi) is 5.34. The first-order valence-electron chi connectivity index (χ1n) is 7.78. The number of rotatable bonds is 5. The Bertz CT molecular complexity index is 485. The average Bonchev–Trinajstić information content (AvgIpc) is 2.48. The van der Waals surface area contributed by atoms with E-state index < -0.39 is 11.5 Å². The minimum atomic E-state index is -1.14. The van der Waals surface area contributed by atoms with E-state index in [4.69, 9.17) is 4.74 Å². The van der Waals surface area contributed by atoms with Crippen molar-refractivity contribution in [1.29, 1.82) is 0 Å². The highest BCUT2D eigenvalue weighted by atomic mass is 19.1. The van der Waals surface area contributed by atoms with Crippen LogP contribution in [-0.2, 0) is 15.1 Å². The highest BCUT2D eigenvalue weighted by Gasteiger charge is 2.40. The fourth-order valence-electron chi connectivity index (χ4n) is 3.04. The molecule has 1 aliphatic rings. The zero-order chi connectivity index (χ0) is 15.3. The lowest BCUT2D eigenvalue weighted by atomic mass is 9.87. The Morgan fingerprint density at radius 3 is 2.62 bits per heavy atom. The standard InChI is InChI=1S/C17H24FNO2/c1-3-21-16(20)17(2,14-11-7-8-12-15(14)18)19-13-9-5-4-6-10-13/h7-8,11-13,19H,3-6,9-10H2,1-2H3. The molecule has 0 spiro atoms. The van der Waals surface area contributed by atoms with Crippen LogP contribution in [0.2, 0.25) is 0 Å². The van der Waals surface area contributed by atoms with Crippen LogP contribution in [0.4, 0.5) is 4.39 Å². The SMILES string of the molecule is CCOC(=O)C(C)(NC1CCCCC1)c1ccccc1F. The smallest absolute Gasteiger partial charge is 0.330 e. The van der Waals surface area contributed by atoms with Crippen molar-refractivity contribution in [2.24, 2.45) is 0 Å². The molecule has 1 atom stereocenters. The van der Waals surface area contributed by atoms with E-state index in [0.717, 1.165) is 25.7 Å². The van der Waals surface area contributed by atoms with E-state index in [1.54, 1.807) is 32.0 Å². The maximum Gasteiger partial charge on any atom is 0.330 e. The van der Waals surface area contributed by atoms with Crippen LogP contribution in [0.25, 0.3) is 0 Å². The van der Waals surface area contributed by atoms with E-state index in [-0.39, 0.29) is 18.5 Å². The largest absolute Gasteiger partial charge is 0.464 e. The van der Waals surface area contributed by atoms with Gasteiger partial charge in [0.25, 0.3) is 0 Å². The van der Waals surface area contributed by atoms with Crippen LogP contribution in [0.1, 0.15) is 51.5 Å². The van der Waals surface area contributed by atoms with Crippen LogP contribution in [-0.4, -0.2) is 18.6 Å². The maximum atomic E-state index is 14.2. The number of carbonyl (C=O) groups excluding carboxylic acids is 1. The Hall–Kier alpha value is -1.42. The van der Waals surface area contributed by atoms with E-state index in [0.29, 0.717) is 5.56 Å². The summed E-state index contributed by atoms with van der Waals surface area (Å²) in [7, 11) is 0. The van der Waals surface area contributed by atoms with Crippen LogP contribution in [0.3, 0.4) is 0 Å². The van der Waals surface area contributed by atoms with Gasteiger partial charge in [-0.3, -0.25) is 5.32 Å². The molecule has 4 heteroatoms. The fraction of sp³-hybridized carbons (Fsp3) is 0.588. The Morgan fingerprint density at radius 2 is 2.00 bits per heavy atom. The van der Waals surface area contributed by atoms with Gasteiger partial charge in [0.05, 0.1) is 6.61 Å². The molecule has 1 unspecified atom stereocenters. The third-order valence-corrected chi connectivity index (χ3v) is 4.19. The molecule has 116 valence electrons. The van der Waals surface area contributed by atoms with Gasteiger partial charge in [-0.2, -0.15) is 0 Å². The molecule has 0 heterocycles. The van der Waals surface area contributed by atoms with Crippen LogP contribution in [0.15, 0.2) is 24.3 Å². The Labute approximate surface area is 125 Å². The molecule has 21 heavy (non-hydrogen) atoms. The van der Waals surface area contributed by atoms with Crippen molar-refractivity contribution in [3.63, 3.8) is 0 Å². The number of esters is 1. The third kappa shape index (κ3) is 3.62. The molecule has 1 fully saturated rings. The van der Waals surface area contributed by atoms with Crippen molar-refractivity contribution < 1.29 is 13.9 Å². The minimum absolute atomic E-state index is 0.229. The normalized spacial score (nSPS) is 19.0. The predicted octanol–water partition coefficient (Wildman–Crippen LogP) is 3.53. The lowest BCUT2D eigenvalue weighted by molar-refractivity contribution is -0.151. The second-order valence-electron chi connectivity index (χ2n) is 5.80. The molecule has 0 amide bonds. The number of ether oxygens (including phenoxy) is 1. The molecule has 1 aliphatic carbocycles. The van der Waals surface area contributed by atoms with E-state index in [1.807, 2.05) is 0 Å². The fourth-order valence-corrected chi connectivity index (χ4v) is 3.04. The third-order valence-electron chi connectivity index (χ3n) is 4.19. The monoisotopic (exact) mass is 293 g/mol. The van der Waals surface area contributed by atoms with Gasteiger partial charge in [0.1, 0.15) is 11.4 Å². The zero-order valence-electron chi connectivity index (χ0n) is 12.8. The molecule has 0 bridgehead atoms. The molecular formula is C17H24FNO2. The van der Waals surface area contributed by atoms with Crippen molar-refractivity contribution >= 4 is 5.97 Å². The van der Waals surface area contributed by atoms with Gasteiger partial charge in [0.2, 0.25) is 0 Å². The summed E-state index contributed by atoms with van der Waals surface area (Å²) in [6.07, 6.45) is 5.56. The van der Waals surface area contributed by atoms with Gasteiger partial charge >= 0.3 is 5.97 Å². The number of benzene rings is 1. The van der Waals surface area contributed by atoms with Crippen molar-refractivity contribution in [3.8, 4) is 0 Å². The van der Waals surface area contributed by atoms with E-state index in [2.05, 4.69) is 5.32 Å². The topological polar surface area (TPSA) is 38.3 Å². The molecule has 1 saturated carbocycles. The summed E-state index contributed by atoms with van der Waals surface area (Å²) in [6.45, 7) is 3.77. The number of nitrogens with one attached hydrogen (secondary N) is 1. The summed E-state index contributed by atoms with van der Waals surface area (Å²) in [6, 6.07) is 6.65. The Morgan fingerprint density at radius 1 is 1.33 bits per heavy atom. The number of halogens is 1. The van der Waals surface area contributed by atoms with Crippen LogP contribution >= 0.6 is 0 Å². The van der Waals surface area contributed by atoms with Gasteiger partial charge in [0, 0.05) is 11.6 Å². The molecule has 2 rings (SSSR count). The summed E-state index contributed by atoms with van der Waals surface area (Å²) in [5.74, 6) is -0.794. The predicted molar refractivity (Wildman–Crippen MR) is 80.4 cm³/mol. The molecule has 3 nitrogen and oxygen atoms in total. The first-order chi connectivity index (χ1) is 10.1. The minimum Gasteiger partial charge on any atom is -0.464 e. The first kappa shape index (κ1) is 16.0. The van der Waals surface area contributed by atoms with Gasteiger partial charge in [-0.25, -0.2) is 9.18 Å². The molecule has 1 aromatic rings. The van der Waals surface area contributed by atoms with E-state index in [1.165, 1.54) is 12.5 Å². The molecule has 1 aromatic carbocycles. The van der Waals surface area contributed by atoms with Crippen molar-refractivity contribution in [2.75, 3.05) is 6.61 Å². The summed E-state index contributed by atoms with van der Waals surface area (Å²) in [4.78, 5) is 12.4. The van der Waals surface area contributed by atoms with Crippen LogP contribution < -0.4 is 5.32 Å². The molecule has 1 N–H and O–H groups in total. The van der Waals surface area contributed by atoms with Gasteiger partial charge in [-0.05, 0) is 32.8 Å². The number of hydrogen-bond acceptors (Lipinski definition) is 3. The lowest BCUT2D eigenvalue weighted by Gasteiger charge is -2.35. The first-order valence-corrected chi connectivity index (χ1v) is 7.78. The maximum absolute atomic E-state index is 14.2. The highest BCUT2D eigenvalue weighted by Crippen LogP contribution is 2.29. The van der Waals surface area contributed by atoms with Gasteiger partial charge in [-0.15, -0.1) is 0 Å². The average molecular weight is 293 g/mol. The van der Waals surface area contributed by atoms with E-state index in [9.17, 15) is 9.18 Å². The van der Waals surface area contributed by atoms with Crippen molar-refractivity contribution in [3.05, 3.63) is 35.6 Å². The molecule has 0 aromatic heterocycles. The van der Waals surface area contributed by atoms with Crippen molar-refractivity contribution in [1.82, 2.24) is 5.32 Å². The van der Waals surface area contributed by atoms with Gasteiger partial charge < -0.3 is 4.74 Å². The second kappa shape index (κ2) is 7.03. The lowest BCUT2D eigenvalue weighted by Crippen LogP contribution is -2.53. The molecule has 0 saturated heterocycles. The van der Waals surface area contributed by atoms with E-state index >= 15 is 0 Å². The van der Waals surface area contributed by atoms with Crippen molar-refractivity contribution in [2.45, 2.75) is 57.5 Å². The molecular weight excluding hydrogens is 269 g/mol. The zero-order valence-corrected chi connectivity index (χ0v) is 12.8. The summed E-state index contributed by atoms with van der Waals surface area (Å²) >= 11 is 0. The van der Waals surface area contributed by atoms with Crippen LogP contribution in [0, 0.1) is 5.82 Å². The molecule has 0 radical (unpaired) electrons. The second-order valence-corrected chi connectivity index (χ2v) is 5.80. The number of hydrogen-bond donors (Lipinski definition) is 1. The van der Waals surface area contributed by atoms with Gasteiger partial charge in [0.15, 0.2) is 0 Å².